The molecule has 0 heterocycles. The second kappa shape index (κ2) is 8.93. The van der Waals surface area contributed by atoms with E-state index in [4.69, 9.17) is 10.8 Å². The third-order valence-corrected chi connectivity index (χ3v) is 2.99. The van der Waals surface area contributed by atoms with E-state index in [1.165, 1.54) is 0 Å². The molecule has 0 spiro atoms. The number of amides is 2. The van der Waals surface area contributed by atoms with E-state index in [1.54, 1.807) is 19.2 Å². The number of aliphatic carboxylic acids is 1. The zero-order valence-corrected chi connectivity index (χ0v) is 12.1. The van der Waals surface area contributed by atoms with Crippen molar-refractivity contribution in [3.05, 3.63) is 29.8 Å². The molecule has 0 unspecified atom stereocenters. The van der Waals surface area contributed by atoms with Gasteiger partial charge in [0.2, 0.25) is 0 Å². The normalized spacial score (nSPS) is 11.7. The molecule has 0 fully saturated rings. The van der Waals surface area contributed by atoms with Crippen molar-refractivity contribution < 1.29 is 14.7 Å². The van der Waals surface area contributed by atoms with E-state index < -0.39 is 12.0 Å². The average Bonchev–Trinajstić information content (AvgIpc) is 2.48. The minimum atomic E-state index is -0.874. The van der Waals surface area contributed by atoms with E-state index in [2.05, 4.69) is 16.0 Å². The Morgan fingerprint density at radius 2 is 1.95 bits per heavy atom. The van der Waals surface area contributed by atoms with Gasteiger partial charge in [-0.2, -0.15) is 0 Å². The van der Waals surface area contributed by atoms with Crippen LogP contribution in [-0.4, -0.2) is 36.7 Å². The summed E-state index contributed by atoms with van der Waals surface area (Å²) in [6.07, 6.45) is 1.17. The van der Waals surface area contributed by atoms with Crippen molar-refractivity contribution in [1.29, 1.82) is 0 Å². The van der Waals surface area contributed by atoms with E-state index in [-0.39, 0.29) is 6.03 Å². The predicted octanol–water partition coefficient (Wildman–Crippen LogP) is 0.720. The van der Waals surface area contributed by atoms with Crippen LogP contribution in [-0.2, 0) is 11.3 Å². The molecule has 0 bridgehead atoms. The molecule has 7 heteroatoms. The van der Waals surface area contributed by atoms with Gasteiger partial charge >= 0.3 is 12.0 Å². The molecule has 0 saturated carbocycles. The second-order valence-corrected chi connectivity index (χ2v) is 4.60. The van der Waals surface area contributed by atoms with Crippen molar-refractivity contribution >= 4 is 17.7 Å². The van der Waals surface area contributed by atoms with Crippen LogP contribution in [0.1, 0.15) is 18.4 Å². The largest absolute Gasteiger partial charge is 0.480 e. The van der Waals surface area contributed by atoms with Gasteiger partial charge in [0.05, 0.1) is 0 Å². The van der Waals surface area contributed by atoms with Crippen molar-refractivity contribution in [3.8, 4) is 0 Å². The highest BCUT2D eigenvalue weighted by atomic mass is 16.4. The first-order chi connectivity index (χ1) is 10.1. The number of carbonyl (C=O) groups is 2. The Labute approximate surface area is 123 Å². The summed E-state index contributed by atoms with van der Waals surface area (Å²) >= 11 is 0. The molecule has 0 aromatic heterocycles. The highest BCUT2D eigenvalue weighted by molar-refractivity contribution is 5.88. The molecule has 0 radical (unpaired) electrons. The lowest BCUT2D eigenvalue weighted by atomic mass is 10.1. The van der Waals surface area contributed by atoms with E-state index in [9.17, 15) is 9.59 Å². The van der Waals surface area contributed by atoms with Crippen LogP contribution in [0.5, 0.6) is 0 Å². The number of benzene rings is 1. The van der Waals surface area contributed by atoms with Crippen LogP contribution in [0.3, 0.4) is 0 Å². The maximum atomic E-state index is 11.1. The third-order valence-electron chi connectivity index (χ3n) is 2.99. The highest BCUT2D eigenvalue weighted by Gasteiger charge is 2.15. The van der Waals surface area contributed by atoms with Gasteiger partial charge < -0.3 is 26.8 Å². The van der Waals surface area contributed by atoms with Crippen molar-refractivity contribution in [2.75, 3.05) is 18.9 Å². The number of carboxylic acids is 1. The van der Waals surface area contributed by atoms with Crippen molar-refractivity contribution in [1.82, 2.24) is 10.6 Å². The Kier molecular flexibility index (Phi) is 7.20. The Hall–Kier alpha value is -2.12. The molecule has 1 atom stereocenters. The van der Waals surface area contributed by atoms with Crippen molar-refractivity contribution in [3.63, 3.8) is 0 Å². The summed E-state index contributed by atoms with van der Waals surface area (Å²) in [6.45, 7) is 0.924. The van der Waals surface area contributed by atoms with Crippen LogP contribution in [0.2, 0.25) is 0 Å². The van der Waals surface area contributed by atoms with Gasteiger partial charge in [-0.15, -0.1) is 0 Å². The van der Waals surface area contributed by atoms with Gasteiger partial charge in [-0.1, -0.05) is 12.1 Å². The van der Waals surface area contributed by atoms with Crippen molar-refractivity contribution in [2.45, 2.75) is 25.4 Å². The number of carbonyl (C=O) groups excluding carboxylic acids is 1. The van der Waals surface area contributed by atoms with Crippen LogP contribution >= 0.6 is 0 Å². The molecule has 1 aromatic rings. The van der Waals surface area contributed by atoms with Gasteiger partial charge in [0.15, 0.2) is 0 Å². The molecule has 1 aromatic carbocycles. The fraction of sp³-hybridized carbons (Fsp3) is 0.429. The quantitative estimate of drug-likeness (QED) is 0.484. The Bertz CT molecular complexity index is 462. The fourth-order valence-electron chi connectivity index (χ4n) is 1.78. The van der Waals surface area contributed by atoms with Crippen LogP contribution in [0.25, 0.3) is 0 Å². The van der Waals surface area contributed by atoms with Gasteiger partial charge in [-0.3, -0.25) is 4.79 Å². The topological polar surface area (TPSA) is 116 Å². The number of hydrogen-bond donors (Lipinski definition) is 5. The first-order valence-corrected chi connectivity index (χ1v) is 6.80. The van der Waals surface area contributed by atoms with E-state index >= 15 is 0 Å². The van der Waals surface area contributed by atoms with Gasteiger partial charge in [0.1, 0.15) is 6.04 Å². The molecule has 21 heavy (non-hydrogen) atoms. The number of carboxylic acid groups (broad SMARTS) is 1. The Morgan fingerprint density at radius 3 is 2.48 bits per heavy atom. The summed E-state index contributed by atoms with van der Waals surface area (Å²) < 4.78 is 0. The summed E-state index contributed by atoms with van der Waals surface area (Å²) in [5, 5.41) is 17.2. The SMILES string of the molecule is CNC(=O)Nc1ccc(CN[C@@H](CCCN)C(=O)O)cc1. The van der Waals surface area contributed by atoms with Gasteiger partial charge in [-0.05, 0) is 37.1 Å². The van der Waals surface area contributed by atoms with Crippen LogP contribution < -0.4 is 21.7 Å². The third kappa shape index (κ3) is 6.24. The zero-order chi connectivity index (χ0) is 15.7. The van der Waals surface area contributed by atoms with Crippen LogP contribution in [0.15, 0.2) is 24.3 Å². The fourth-order valence-corrected chi connectivity index (χ4v) is 1.78. The molecular formula is C14H22N4O3. The molecule has 0 aliphatic carbocycles. The van der Waals surface area contributed by atoms with E-state index in [0.717, 1.165) is 5.56 Å². The minimum Gasteiger partial charge on any atom is -0.480 e. The molecule has 2 amide bonds. The number of nitrogens with two attached hydrogens (primary N) is 1. The molecule has 7 nitrogen and oxygen atoms in total. The van der Waals surface area contributed by atoms with Gasteiger partial charge in [0, 0.05) is 19.3 Å². The first-order valence-electron chi connectivity index (χ1n) is 6.80. The van der Waals surface area contributed by atoms with Crippen LogP contribution in [0.4, 0.5) is 10.5 Å². The number of hydrogen-bond acceptors (Lipinski definition) is 4. The molecule has 116 valence electrons. The molecule has 1 rings (SSSR count). The lowest BCUT2D eigenvalue weighted by Crippen LogP contribution is -2.36. The van der Waals surface area contributed by atoms with E-state index in [1.807, 2.05) is 12.1 Å². The number of anilines is 1. The number of rotatable bonds is 8. The number of nitrogens with one attached hydrogen (secondary N) is 3. The maximum absolute atomic E-state index is 11.1. The minimum absolute atomic E-state index is 0.284. The highest BCUT2D eigenvalue weighted by Crippen LogP contribution is 2.10. The molecular weight excluding hydrogens is 272 g/mol. The second-order valence-electron chi connectivity index (χ2n) is 4.60. The molecule has 0 aliphatic rings. The lowest BCUT2D eigenvalue weighted by Gasteiger charge is -2.14. The summed E-state index contributed by atoms with van der Waals surface area (Å²) in [5.74, 6) is -0.874. The zero-order valence-electron chi connectivity index (χ0n) is 12.1. The van der Waals surface area contributed by atoms with Crippen LogP contribution in [0, 0.1) is 0 Å². The monoisotopic (exact) mass is 294 g/mol. The summed E-state index contributed by atoms with van der Waals surface area (Å²) in [6, 6.07) is 6.31. The molecule has 6 N–H and O–H groups in total. The summed E-state index contributed by atoms with van der Waals surface area (Å²) in [4.78, 5) is 22.2. The Morgan fingerprint density at radius 1 is 1.29 bits per heavy atom. The Balaban J connectivity index is 2.50. The predicted molar refractivity (Wildman–Crippen MR) is 81.1 cm³/mol. The average molecular weight is 294 g/mol. The van der Waals surface area contributed by atoms with Gasteiger partial charge in [-0.25, -0.2) is 4.79 Å². The molecule has 0 saturated heterocycles. The van der Waals surface area contributed by atoms with E-state index in [0.29, 0.717) is 31.6 Å². The summed E-state index contributed by atoms with van der Waals surface area (Å²) in [7, 11) is 1.54. The van der Waals surface area contributed by atoms with Gasteiger partial charge in [0.25, 0.3) is 0 Å². The standard InChI is InChI=1S/C14H22N4O3/c1-16-14(21)18-11-6-4-10(5-7-11)9-17-12(13(19)20)3-2-8-15/h4-7,12,17H,2-3,8-9,15H2,1H3,(H,19,20)(H2,16,18,21)/t12-/m0/s1. The smallest absolute Gasteiger partial charge is 0.320 e. The molecule has 0 aliphatic heterocycles. The maximum Gasteiger partial charge on any atom is 0.320 e. The van der Waals surface area contributed by atoms with Crippen molar-refractivity contribution in [2.24, 2.45) is 5.73 Å². The summed E-state index contributed by atoms with van der Waals surface area (Å²) in [5.41, 5.74) is 7.01. The number of urea groups is 1. The first kappa shape index (κ1) is 16.9. The lowest BCUT2D eigenvalue weighted by molar-refractivity contribution is -0.139.